The van der Waals surface area contributed by atoms with Crippen LogP contribution in [0.2, 0.25) is 0 Å². The fourth-order valence-electron chi connectivity index (χ4n) is 1.17. The SMILES string of the molecule is Cc1c(F)cc(C#N)cc1NS(=O)(=O)CCCl. The number of sulfonamides is 1. The van der Waals surface area contributed by atoms with Gasteiger partial charge in [0.1, 0.15) is 5.82 Å². The van der Waals surface area contributed by atoms with Crippen molar-refractivity contribution in [3.63, 3.8) is 0 Å². The van der Waals surface area contributed by atoms with E-state index in [1.807, 2.05) is 0 Å². The second-order valence-corrected chi connectivity index (χ2v) is 5.57. The lowest BCUT2D eigenvalue weighted by Gasteiger charge is -2.10. The first-order chi connectivity index (χ1) is 7.89. The number of hydrogen-bond acceptors (Lipinski definition) is 3. The Bertz CT molecular complexity index is 566. The molecular formula is C10H10ClFN2O2S. The first kappa shape index (κ1) is 13.7. The first-order valence-electron chi connectivity index (χ1n) is 4.66. The van der Waals surface area contributed by atoms with Crippen molar-refractivity contribution in [3.8, 4) is 6.07 Å². The summed E-state index contributed by atoms with van der Waals surface area (Å²) in [6.45, 7) is 1.43. The van der Waals surface area contributed by atoms with Crippen LogP contribution in [0.5, 0.6) is 0 Å². The van der Waals surface area contributed by atoms with Gasteiger partial charge in [0.15, 0.2) is 0 Å². The van der Waals surface area contributed by atoms with Crippen molar-refractivity contribution >= 4 is 27.3 Å². The summed E-state index contributed by atoms with van der Waals surface area (Å²) >= 11 is 5.34. The number of halogens is 2. The Balaban J connectivity index is 3.16. The Hall–Kier alpha value is -1.32. The van der Waals surface area contributed by atoms with Crippen molar-refractivity contribution in [1.82, 2.24) is 0 Å². The van der Waals surface area contributed by atoms with Crippen LogP contribution in [0.4, 0.5) is 10.1 Å². The Kier molecular flexibility index (Phi) is 4.32. The minimum Gasteiger partial charge on any atom is -0.283 e. The number of nitriles is 1. The summed E-state index contributed by atoms with van der Waals surface area (Å²) in [5, 5.41) is 8.66. The maximum atomic E-state index is 13.4. The molecule has 0 bridgehead atoms. The van der Waals surface area contributed by atoms with E-state index < -0.39 is 15.8 Å². The zero-order chi connectivity index (χ0) is 13.1. The number of rotatable bonds is 4. The number of alkyl halides is 1. The van der Waals surface area contributed by atoms with Crippen molar-refractivity contribution < 1.29 is 12.8 Å². The van der Waals surface area contributed by atoms with Crippen LogP contribution in [0.1, 0.15) is 11.1 Å². The van der Waals surface area contributed by atoms with E-state index >= 15 is 0 Å². The summed E-state index contributed by atoms with van der Waals surface area (Å²) in [5.74, 6) is -0.964. The van der Waals surface area contributed by atoms with E-state index in [2.05, 4.69) is 4.72 Å². The molecule has 1 rings (SSSR count). The van der Waals surface area contributed by atoms with Crippen LogP contribution >= 0.6 is 11.6 Å². The molecule has 0 heterocycles. The van der Waals surface area contributed by atoms with Gasteiger partial charge in [0.05, 0.1) is 23.1 Å². The van der Waals surface area contributed by atoms with E-state index in [-0.39, 0.29) is 28.4 Å². The van der Waals surface area contributed by atoms with Crippen molar-refractivity contribution in [2.24, 2.45) is 0 Å². The molecule has 92 valence electrons. The minimum absolute atomic E-state index is 0.0525. The van der Waals surface area contributed by atoms with Gasteiger partial charge in [0.2, 0.25) is 10.0 Å². The topological polar surface area (TPSA) is 70.0 Å². The summed E-state index contributed by atoms with van der Waals surface area (Å²) in [6, 6.07) is 4.08. The summed E-state index contributed by atoms with van der Waals surface area (Å²) < 4.78 is 38.5. The van der Waals surface area contributed by atoms with Crippen LogP contribution in [0.3, 0.4) is 0 Å². The van der Waals surface area contributed by atoms with Gasteiger partial charge in [-0.1, -0.05) is 0 Å². The van der Waals surface area contributed by atoms with Crippen LogP contribution in [-0.4, -0.2) is 20.1 Å². The Morgan fingerprint density at radius 2 is 2.18 bits per heavy atom. The van der Waals surface area contributed by atoms with E-state index in [0.29, 0.717) is 0 Å². The molecule has 0 aliphatic rings. The summed E-state index contributed by atoms with van der Waals surface area (Å²) in [4.78, 5) is 0. The molecule has 7 heteroatoms. The average molecular weight is 277 g/mol. The van der Waals surface area contributed by atoms with E-state index in [1.165, 1.54) is 13.0 Å². The van der Waals surface area contributed by atoms with Gasteiger partial charge in [-0.2, -0.15) is 5.26 Å². The van der Waals surface area contributed by atoms with Crippen LogP contribution in [-0.2, 0) is 10.0 Å². The maximum absolute atomic E-state index is 13.4. The number of nitrogens with one attached hydrogen (secondary N) is 1. The van der Waals surface area contributed by atoms with Crippen LogP contribution < -0.4 is 4.72 Å². The predicted octanol–water partition coefficient (Wildman–Crippen LogP) is 1.99. The highest BCUT2D eigenvalue weighted by Gasteiger charge is 2.14. The number of benzene rings is 1. The summed E-state index contributed by atoms with van der Waals surface area (Å²) in [5.41, 5.74) is 0.255. The number of nitrogens with zero attached hydrogens (tertiary/aromatic N) is 1. The molecule has 4 nitrogen and oxygen atoms in total. The van der Waals surface area contributed by atoms with Crippen LogP contribution in [0.15, 0.2) is 12.1 Å². The van der Waals surface area contributed by atoms with E-state index in [1.54, 1.807) is 6.07 Å². The van der Waals surface area contributed by atoms with Gasteiger partial charge >= 0.3 is 0 Å². The van der Waals surface area contributed by atoms with Gasteiger partial charge in [-0.05, 0) is 19.1 Å². The fraction of sp³-hybridized carbons (Fsp3) is 0.300. The lowest BCUT2D eigenvalue weighted by Crippen LogP contribution is -2.18. The zero-order valence-corrected chi connectivity index (χ0v) is 10.6. The minimum atomic E-state index is -3.61. The largest absolute Gasteiger partial charge is 0.283 e. The molecule has 1 aromatic carbocycles. The lowest BCUT2D eigenvalue weighted by atomic mass is 10.1. The quantitative estimate of drug-likeness (QED) is 0.855. The van der Waals surface area contributed by atoms with E-state index in [4.69, 9.17) is 16.9 Å². The third kappa shape index (κ3) is 3.58. The van der Waals surface area contributed by atoms with Crippen molar-refractivity contribution in [1.29, 1.82) is 5.26 Å². The van der Waals surface area contributed by atoms with Gasteiger partial charge in [-0.3, -0.25) is 4.72 Å². The molecule has 1 aromatic rings. The van der Waals surface area contributed by atoms with Gasteiger partial charge < -0.3 is 0 Å². The second-order valence-electron chi connectivity index (χ2n) is 3.35. The molecule has 0 saturated carbocycles. The van der Waals surface area contributed by atoms with Crippen molar-refractivity contribution in [3.05, 3.63) is 29.1 Å². The fourth-order valence-corrected chi connectivity index (χ4v) is 2.63. The molecule has 0 aromatic heterocycles. The molecule has 0 saturated heterocycles. The van der Waals surface area contributed by atoms with Gasteiger partial charge in [0.25, 0.3) is 0 Å². The highest BCUT2D eigenvalue weighted by Crippen LogP contribution is 2.21. The monoisotopic (exact) mass is 276 g/mol. The Labute approximate surface area is 104 Å². The molecule has 0 unspecified atom stereocenters. The molecule has 17 heavy (non-hydrogen) atoms. The van der Waals surface area contributed by atoms with Gasteiger partial charge in [-0.25, -0.2) is 12.8 Å². The van der Waals surface area contributed by atoms with Crippen molar-refractivity contribution in [2.75, 3.05) is 16.4 Å². The van der Waals surface area contributed by atoms with Gasteiger partial charge in [0, 0.05) is 11.4 Å². The number of anilines is 1. The average Bonchev–Trinajstić information content (AvgIpc) is 2.23. The van der Waals surface area contributed by atoms with Gasteiger partial charge in [-0.15, -0.1) is 11.6 Å². The smallest absolute Gasteiger partial charge is 0.233 e. The van der Waals surface area contributed by atoms with E-state index in [0.717, 1.165) is 6.07 Å². The maximum Gasteiger partial charge on any atom is 0.233 e. The molecule has 0 radical (unpaired) electrons. The first-order valence-corrected chi connectivity index (χ1v) is 6.85. The highest BCUT2D eigenvalue weighted by molar-refractivity contribution is 7.92. The van der Waals surface area contributed by atoms with Crippen LogP contribution in [0, 0.1) is 24.1 Å². The molecule has 0 aliphatic heterocycles. The third-order valence-corrected chi connectivity index (χ3v) is 3.77. The van der Waals surface area contributed by atoms with Crippen molar-refractivity contribution in [2.45, 2.75) is 6.92 Å². The van der Waals surface area contributed by atoms with E-state index in [9.17, 15) is 12.8 Å². The normalized spacial score (nSPS) is 10.9. The third-order valence-electron chi connectivity index (χ3n) is 2.08. The Morgan fingerprint density at radius 1 is 1.53 bits per heavy atom. The molecule has 0 aliphatic carbocycles. The number of hydrogen-bond donors (Lipinski definition) is 1. The molecule has 1 N–H and O–H groups in total. The molecule has 0 spiro atoms. The Morgan fingerprint density at radius 3 is 2.71 bits per heavy atom. The molecular weight excluding hydrogens is 267 g/mol. The summed E-state index contributed by atoms with van der Waals surface area (Å²) in [6.07, 6.45) is 0. The highest BCUT2D eigenvalue weighted by atomic mass is 35.5. The molecule has 0 amide bonds. The second kappa shape index (κ2) is 5.34. The summed E-state index contributed by atoms with van der Waals surface area (Å²) in [7, 11) is -3.61. The standard InChI is InChI=1S/C10H10ClFN2O2S/c1-7-9(12)4-8(6-13)5-10(7)14-17(15,16)3-2-11/h4-5,14H,2-3H2,1H3. The zero-order valence-electron chi connectivity index (χ0n) is 9.00. The molecule has 0 fully saturated rings. The predicted molar refractivity (Wildman–Crippen MR) is 64.0 cm³/mol. The lowest BCUT2D eigenvalue weighted by molar-refractivity contribution is 0.602. The van der Waals surface area contributed by atoms with Crippen LogP contribution in [0.25, 0.3) is 0 Å². The molecule has 0 atom stereocenters.